The van der Waals surface area contributed by atoms with Crippen LogP contribution in [0, 0.1) is 5.92 Å². The molecule has 0 spiro atoms. The van der Waals surface area contributed by atoms with Gasteiger partial charge in [-0.25, -0.2) is 0 Å². The quantitative estimate of drug-likeness (QED) is 0.787. The molecule has 1 saturated heterocycles. The highest BCUT2D eigenvalue weighted by Gasteiger charge is 2.29. The van der Waals surface area contributed by atoms with Crippen molar-refractivity contribution in [1.29, 1.82) is 0 Å². The Balaban J connectivity index is 2.16. The van der Waals surface area contributed by atoms with Gasteiger partial charge >= 0.3 is 0 Å². The zero-order valence-corrected chi connectivity index (χ0v) is 12.5. The number of ether oxygens (including phenoxy) is 1. The molecule has 0 aromatic heterocycles. The van der Waals surface area contributed by atoms with E-state index in [9.17, 15) is 9.59 Å². The molecule has 0 aliphatic carbocycles. The number of rotatable bonds is 4. The molecule has 1 aromatic carbocycles. The molecular weight excluding hydrogens is 270 g/mol. The van der Waals surface area contributed by atoms with Crippen molar-refractivity contribution < 1.29 is 14.3 Å². The number of hydrogen-bond donors (Lipinski definition) is 3. The van der Waals surface area contributed by atoms with Crippen LogP contribution in [0.15, 0.2) is 18.2 Å². The second-order valence-electron chi connectivity index (χ2n) is 5.28. The van der Waals surface area contributed by atoms with Gasteiger partial charge < -0.3 is 20.7 Å². The highest BCUT2D eigenvalue weighted by Crippen LogP contribution is 2.28. The fraction of sp³-hybridized carbons (Fsp3) is 0.467. The number of methoxy groups -OCH3 is 1. The summed E-state index contributed by atoms with van der Waals surface area (Å²) in [6.45, 7) is 4.34. The minimum atomic E-state index is -0.195. The van der Waals surface area contributed by atoms with Gasteiger partial charge in [0.25, 0.3) is 0 Å². The molecule has 2 unspecified atom stereocenters. The molecule has 2 rings (SSSR count). The predicted octanol–water partition coefficient (Wildman–Crippen LogP) is 1.59. The Kier molecular flexibility index (Phi) is 4.80. The van der Waals surface area contributed by atoms with Crippen molar-refractivity contribution in [3.63, 3.8) is 0 Å². The van der Waals surface area contributed by atoms with Crippen molar-refractivity contribution in [2.75, 3.05) is 24.3 Å². The van der Waals surface area contributed by atoms with Crippen molar-refractivity contribution in [3.8, 4) is 5.75 Å². The van der Waals surface area contributed by atoms with Gasteiger partial charge in [-0.3, -0.25) is 9.59 Å². The molecule has 1 aliphatic heterocycles. The van der Waals surface area contributed by atoms with Crippen molar-refractivity contribution in [3.05, 3.63) is 18.2 Å². The van der Waals surface area contributed by atoms with E-state index in [0.717, 1.165) is 13.0 Å². The van der Waals surface area contributed by atoms with E-state index < -0.39 is 0 Å². The van der Waals surface area contributed by atoms with Crippen LogP contribution in [-0.2, 0) is 9.59 Å². The number of carbonyl (C=O) groups excluding carboxylic acids is 2. The first-order valence-electron chi connectivity index (χ1n) is 7.01. The fourth-order valence-electron chi connectivity index (χ4n) is 2.48. The molecule has 0 bridgehead atoms. The molecule has 2 amide bonds. The maximum absolute atomic E-state index is 12.3. The van der Waals surface area contributed by atoms with Gasteiger partial charge in [0.15, 0.2) is 0 Å². The molecule has 0 saturated carbocycles. The lowest BCUT2D eigenvalue weighted by atomic mass is 10.0. The molecule has 6 heteroatoms. The van der Waals surface area contributed by atoms with Crippen LogP contribution in [-0.4, -0.2) is 31.5 Å². The maximum atomic E-state index is 12.3. The highest BCUT2D eigenvalue weighted by molar-refractivity contribution is 5.98. The number of anilines is 2. The molecule has 114 valence electrons. The summed E-state index contributed by atoms with van der Waals surface area (Å²) in [5.41, 5.74) is 1.17. The lowest BCUT2D eigenvalue weighted by molar-refractivity contribution is -0.118. The molecule has 1 heterocycles. The van der Waals surface area contributed by atoms with E-state index in [2.05, 4.69) is 22.9 Å². The standard InChI is InChI=1S/C15H21N3O3/c1-9-6-7-16-14(9)15(20)18-12-8-11(17-10(2)19)4-5-13(12)21-3/h4-5,8-9,14,16H,6-7H2,1-3H3,(H,17,19)(H,18,20). The normalized spacial score (nSPS) is 20.9. The monoisotopic (exact) mass is 291 g/mol. The molecule has 6 nitrogen and oxygen atoms in total. The molecular formula is C15H21N3O3. The summed E-state index contributed by atoms with van der Waals surface area (Å²) in [6, 6.07) is 4.94. The average Bonchev–Trinajstić information content (AvgIpc) is 2.84. The highest BCUT2D eigenvalue weighted by atomic mass is 16.5. The van der Waals surface area contributed by atoms with E-state index in [1.54, 1.807) is 25.3 Å². The smallest absolute Gasteiger partial charge is 0.241 e. The van der Waals surface area contributed by atoms with Crippen LogP contribution in [0.3, 0.4) is 0 Å². The van der Waals surface area contributed by atoms with E-state index in [-0.39, 0.29) is 17.9 Å². The number of benzene rings is 1. The van der Waals surface area contributed by atoms with Gasteiger partial charge in [0.1, 0.15) is 5.75 Å². The summed E-state index contributed by atoms with van der Waals surface area (Å²) in [5, 5.41) is 8.74. The second kappa shape index (κ2) is 6.58. The number of carbonyl (C=O) groups is 2. The molecule has 2 atom stereocenters. The molecule has 0 radical (unpaired) electrons. The van der Waals surface area contributed by atoms with E-state index in [0.29, 0.717) is 23.0 Å². The largest absolute Gasteiger partial charge is 0.495 e. The van der Waals surface area contributed by atoms with Crippen LogP contribution in [0.1, 0.15) is 20.3 Å². The van der Waals surface area contributed by atoms with Crippen molar-refractivity contribution in [2.45, 2.75) is 26.3 Å². The molecule has 1 aliphatic rings. The van der Waals surface area contributed by atoms with Crippen molar-refractivity contribution in [1.82, 2.24) is 5.32 Å². The average molecular weight is 291 g/mol. The van der Waals surface area contributed by atoms with E-state index in [1.165, 1.54) is 6.92 Å². The van der Waals surface area contributed by atoms with Crippen LogP contribution >= 0.6 is 0 Å². The summed E-state index contributed by atoms with van der Waals surface area (Å²) < 4.78 is 5.25. The van der Waals surface area contributed by atoms with Crippen LogP contribution in [0.5, 0.6) is 5.75 Å². The zero-order valence-electron chi connectivity index (χ0n) is 12.5. The third kappa shape index (κ3) is 3.72. The first-order chi connectivity index (χ1) is 10.0. The fourth-order valence-corrected chi connectivity index (χ4v) is 2.48. The van der Waals surface area contributed by atoms with Crippen molar-refractivity contribution in [2.24, 2.45) is 5.92 Å². The van der Waals surface area contributed by atoms with Crippen LogP contribution in [0.2, 0.25) is 0 Å². The van der Waals surface area contributed by atoms with Gasteiger partial charge in [-0.05, 0) is 37.1 Å². The Bertz CT molecular complexity index is 545. The third-order valence-electron chi connectivity index (χ3n) is 3.59. The minimum absolute atomic E-state index is 0.0849. The number of nitrogens with one attached hydrogen (secondary N) is 3. The molecule has 3 N–H and O–H groups in total. The SMILES string of the molecule is COc1ccc(NC(C)=O)cc1NC(=O)C1NCCC1C. The third-order valence-corrected chi connectivity index (χ3v) is 3.59. The Morgan fingerprint density at radius 2 is 2.10 bits per heavy atom. The van der Waals surface area contributed by atoms with Crippen LogP contribution in [0.4, 0.5) is 11.4 Å². The first-order valence-corrected chi connectivity index (χ1v) is 7.01. The van der Waals surface area contributed by atoms with Crippen LogP contribution in [0.25, 0.3) is 0 Å². The molecule has 21 heavy (non-hydrogen) atoms. The minimum Gasteiger partial charge on any atom is -0.495 e. The second-order valence-corrected chi connectivity index (χ2v) is 5.28. The zero-order chi connectivity index (χ0) is 15.4. The van der Waals surface area contributed by atoms with Gasteiger partial charge in [-0.1, -0.05) is 6.92 Å². The van der Waals surface area contributed by atoms with E-state index >= 15 is 0 Å². The molecule has 1 fully saturated rings. The van der Waals surface area contributed by atoms with Gasteiger partial charge in [0.2, 0.25) is 11.8 Å². The molecule has 1 aromatic rings. The lowest BCUT2D eigenvalue weighted by Crippen LogP contribution is -2.39. The predicted molar refractivity (Wildman–Crippen MR) is 81.5 cm³/mol. The Labute approximate surface area is 124 Å². The Hall–Kier alpha value is -2.08. The van der Waals surface area contributed by atoms with Crippen molar-refractivity contribution >= 4 is 23.2 Å². The summed E-state index contributed by atoms with van der Waals surface area (Å²) in [5.74, 6) is 0.611. The maximum Gasteiger partial charge on any atom is 0.241 e. The summed E-state index contributed by atoms with van der Waals surface area (Å²) >= 11 is 0. The number of amides is 2. The Morgan fingerprint density at radius 3 is 2.67 bits per heavy atom. The van der Waals surface area contributed by atoms with E-state index in [4.69, 9.17) is 4.74 Å². The van der Waals surface area contributed by atoms with Gasteiger partial charge in [0.05, 0.1) is 18.8 Å². The summed E-state index contributed by atoms with van der Waals surface area (Å²) in [6.07, 6.45) is 0.987. The van der Waals surface area contributed by atoms with E-state index in [1.807, 2.05) is 0 Å². The lowest BCUT2D eigenvalue weighted by Gasteiger charge is -2.17. The first kappa shape index (κ1) is 15.3. The summed E-state index contributed by atoms with van der Waals surface area (Å²) in [4.78, 5) is 23.4. The number of hydrogen-bond acceptors (Lipinski definition) is 4. The van der Waals surface area contributed by atoms with Gasteiger partial charge in [0, 0.05) is 12.6 Å². The van der Waals surface area contributed by atoms with Gasteiger partial charge in [-0.15, -0.1) is 0 Å². The van der Waals surface area contributed by atoms with Crippen LogP contribution < -0.4 is 20.7 Å². The summed E-state index contributed by atoms with van der Waals surface area (Å²) in [7, 11) is 1.54. The Morgan fingerprint density at radius 1 is 1.33 bits per heavy atom. The topological polar surface area (TPSA) is 79.5 Å². The van der Waals surface area contributed by atoms with Gasteiger partial charge in [-0.2, -0.15) is 0 Å².